The standard InChI is InChI=1S/C8H11O3P.C6H7O3P/c1-7-4-2-3-5-8(7)6-12(9,10)11;7-10(8,9)6-4-2-1-3-5-6/h2-5H,6H2,1H3,(H2,9,10,11);1-5H,(H2,7,8,9). The smallest absolute Gasteiger partial charge is 0.324 e. The Balaban J connectivity index is 0.000000224. The van der Waals surface area contributed by atoms with Gasteiger partial charge in [0.1, 0.15) is 0 Å². The maximum Gasteiger partial charge on any atom is 0.356 e. The minimum absolute atomic E-state index is 0.0648. The first-order valence-electron chi connectivity index (χ1n) is 6.30. The maximum atomic E-state index is 10.6. The zero-order valence-electron chi connectivity index (χ0n) is 11.9. The Hall–Kier alpha value is -1.26. The Morgan fingerprint density at radius 2 is 1.32 bits per heavy atom. The van der Waals surface area contributed by atoms with Gasteiger partial charge in [0.05, 0.1) is 11.5 Å². The number of aryl methyl sites for hydroxylation is 1. The lowest BCUT2D eigenvalue weighted by molar-refractivity contribution is 0.371. The van der Waals surface area contributed by atoms with Crippen LogP contribution in [0.25, 0.3) is 0 Å². The zero-order chi connectivity index (χ0) is 16.8. The molecule has 2 aromatic rings. The van der Waals surface area contributed by atoms with Crippen molar-refractivity contribution in [2.75, 3.05) is 0 Å². The topological polar surface area (TPSA) is 115 Å². The quantitative estimate of drug-likeness (QED) is 0.634. The van der Waals surface area contributed by atoms with Gasteiger partial charge < -0.3 is 19.6 Å². The summed E-state index contributed by atoms with van der Waals surface area (Å²) in [6.45, 7) is 1.84. The van der Waals surface area contributed by atoms with E-state index in [1.54, 1.807) is 30.3 Å². The molecule has 0 aliphatic heterocycles. The van der Waals surface area contributed by atoms with E-state index in [0.717, 1.165) is 5.56 Å². The predicted octanol–water partition coefficient (Wildman–Crippen LogP) is 2.16. The third kappa shape index (κ3) is 7.14. The van der Waals surface area contributed by atoms with Gasteiger partial charge in [-0.15, -0.1) is 0 Å². The van der Waals surface area contributed by atoms with Crippen LogP contribution in [0.2, 0.25) is 0 Å². The summed E-state index contributed by atoms with van der Waals surface area (Å²) >= 11 is 0. The molecule has 0 atom stereocenters. The van der Waals surface area contributed by atoms with Crippen molar-refractivity contribution >= 4 is 20.5 Å². The Kier molecular flexibility index (Phi) is 6.69. The van der Waals surface area contributed by atoms with E-state index in [2.05, 4.69) is 0 Å². The average Bonchev–Trinajstić information content (AvgIpc) is 2.41. The lowest BCUT2D eigenvalue weighted by Gasteiger charge is -2.06. The van der Waals surface area contributed by atoms with E-state index in [-0.39, 0.29) is 11.5 Å². The van der Waals surface area contributed by atoms with E-state index in [4.69, 9.17) is 19.6 Å². The fourth-order valence-corrected chi connectivity index (χ4v) is 2.99. The first-order valence-corrected chi connectivity index (χ1v) is 9.71. The fraction of sp³-hybridized carbons (Fsp3) is 0.143. The van der Waals surface area contributed by atoms with Crippen LogP contribution in [0.3, 0.4) is 0 Å². The largest absolute Gasteiger partial charge is 0.356 e. The van der Waals surface area contributed by atoms with Crippen molar-refractivity contribution in [2.24, 2.45) is 0 Å². The van der Waals surface area contributed by atoms with Gasteiger partial charge in [-0.2, -0.15) is 0 Å². The monoisotopic (exact) mass is 344 g/mol. The molecule has 0 bridgehead atoms. The molecule has 2 rings (SSSR count). The molecule has 6 nitrogen and oxygen atoms in total. The van der Waals surface area contributed by atoms with Crippen LogP contribution >= 0.6 is 15.2 Å². The van der Waals surface area contributed by atoms with Gasteiger partial charge in [-0.05, 0) is 30.2 Å². The molecular formula is C14H18O6P2. The second-order valence-electron chi connectivity index (χ2n) is 4.63. The minimum atomic E-state index is -4.02. The molecule has 0 radical (unpaired) electrons. The van der Waals surface area contributed by atoms with Crippen molar-refractivity contribution < 1.29 is 28.7 Å². The second-order valence-corrected chi connectivity index (χ2v) is 7.88. The van der Waals surface area contributed by atoms with Crippen molar-refractivity contribution in [3.8, 4) is 0 Å². The Morgan fingerprint density at radius 3 is 1.73 bits per heavy atom. The van der Waals surface area contributed by atoms with Gasteiger partial charge >= 0.3 is 15.2 Å². The molecule has 2 aromatic carbocycles. The fourth-order valence-electron chi connectivity index (χ4n) is 1.63. The zero-order valence-corrected chi connectivity index (χ0v) is 13.7. The summed E-state index contributed by atoms with van der Waals surface area (Å²) in [5.74, 6) is 0. The molecule has 0 heterocycles. The van der Waals surface area contributed by atoms with Gasteiger partial charge in [-0.1, -0.05) is 42.5 Å². The molecule has 0 unspecified atom stereocenters. The molecule has 0 fully saturated rings. The molecule has 0 aliphatic rings. The first kappa shape index (κ1) is 18.8. The SMILES string of the molecule is Cc1ccccc1CP(=O)(O)O.O=P(O)(O)c1ccccc1. The van der Waals surface area contributed by atoms with Crippen molar-refractivity contribution in [3.05, 3.63) is 65.7 Å². The highest BCUT2D eigenvalue weighted by molar-refractivity contribution is 7.60. The van der Waals surface area contributed by atoms with E-state index in [9.17, 15) is 9.13 Å². The van der Waals surface area contributed by atoms with Crippen molar-refractivity contribution in [1.29, 1.82) is 0 Å². The molecule has 0 amide bonds. The molecule has 22 heavy (non-hydrogen) atoms. The van der Waals surface area contributed by atoms with Crippen LogP contribution in [0.15, 0.2) is 54.6 Å². The minimum Gasteiger partial charge on any atom is -0.324 e. The Morgan fingerprint density at radius 1 is 0.818 bits per heavy atom. The molecule has 4 N–H and O–H groups in total. The van der Waals surface area contributed by atoms with E-state index in [1.807, 2.05) is 19.1 Å². The van der Waals surface area contributed by atoms with Crippen LogP contribution in [-0.2, 0) is 15.3 Å². The summed E-state index contributed by atoms with van der Waals surface area (Å²) in [5, 5.41) is 0.0648. The third-order valence-corrected chi connectivity index (χ3v) is 4.45. The predicted molar refractivity (Wildman–Crippen MR) is 85.0 cm³/mol. The highest BCUT2D eigenvalue weighted by Gasteiger charge is 2.15. The lowest BCUT2D eigenvalue weighted by Crippen LogP contribution is -2.01. The normalized spacial score (nSPS) is 11.5. The van der Waals surface area contributed by atoms with Gasteiger partial charge in [0.25, 0.3) is 0 Å². The van der Waals surface area contributed by atoms with E-state index in [0.29, 0.717) is 5.56 Å². The number of rotatable bonds is 3. The average molecular weight is 344 g/mol. The maximum absolute atomic E-state index is 10.6. The van der Waals surface area contributed by atoms with Crippen molar-refractivity contribution in [3.63, 3.8) is 0 Å². The summed E-state index contributed by atoms with van der Waals surface area (Å²) in [7, 11) is -7.93. The molecule has 8 heteroatoms. The lowest BCUT2D eigenvalue weighted by atomic mass is 10.1. The Labute approximate surface area is 128 Å². The van der Waals surface area contributed by atoms with Crippen molar-refractivity contribution in [2.45, 2.75) is 13.1 Å². The molecule has 0 saturated carbocycles. The highest BCUT2D eigenvalue weighted by atomic mass is 31.2. The molecular weight excluding hydrogens is 326 g/mol. The van der Waals surface area contributed by atoms with Crippen LogP contribution in [-0.4, -0.2) is 19.6 Å². The van der Waals surface area contributed by atoms with Gasteiger partial charge in [-0.3, -0.25) is 9.13 Å². The van der Waals surface area contributed by atoms with E-state index in [1.165, 1.54) is 12.1 Å². The van der Waals surface area contributed by atoms with Crippen LogP contribution in [0.4, 0.5) is 0 Å². The molecule has 0 spiro atoms. The highest BCUT2D eigenvalue weighted by Crippen LogP contribution is 2.39. The van der Waals surface area contributed by atoms with E-state index >= 15 is 0 Å². The van der Waals surface area contributed by atoms with Gasteiger partial charge in [0, 0.05) is 0 Å². The summed E-state index contributed by atoms with van der Waals surface area (Å²) < 4.78 is 21.2. The van der Waals surface area contributed by atoms with Crippen LogP contribution in [0, 0.1) is 6.92 Å². The van der Waals surface area contributed by atoms with Crippen LogP contribution < -0.4 is 5.30 Å². The number of benzene rings is 2. The van der Waals surface area contributed by atoms with Crippen LogP contribution in [0.5, 0.6) is 0 Å². The first-order chi connectivity index (χ1) is 10.1. The van der Waals surface area contributed by atoms with Gasteiger partial charge in [0.2, 0.25) is 0 Å². The molecule has 0 aliphatic carbocycles. The number of hydrogen-bond donors (Lipinski definition) is 4. The second kappa shape index (κ2) is 7.84. The molecule has 120 valence electrons. The summed E-state index contributed by atoms with van der Waals surface area (Å²) in [6, 6.07) is 14.9. The van der Waals surface area contributed by atoms with Crippen LogP contribution in [0.1, 0.15) is 11.1 Å². The van der Waals surface area contributed by atoms with Gasteiger partial charge in [0.15, 0.2) is 0 Å². The molecule has 0 saturated heterocycles. The Bertz CT molecular complexity index is 689. The third-order valence-electron chi connectivity index (χ3n) is 2.73. The summed E-state index contributed by atoms with van der Waals surface area (Å²) in [6.07, 6.45) is -0.167. The van der Waals surface area contributed by atoms with E-state index < -0.39 is 15.2 Å². The van der Waals surface area contributed by atoms with Crippen molar-refractivity contribution in [1.82, 2.24) is 0 Å². The number of hydrogen-bond acceptors (Lipinski definition) is 2. The molecule has 0 aromatic heterocycles. The summed E-state index contributed by atoms with van der Waals surface area (Å²) in [5.41, 5.74) is 1.63. The van der Waals surface area contributed by atoms with Gasteiger partial charge in [-0.25, -0.2) is 0 Å². The summed E-state index contributed by atoms with van der Waals surface area (Å²) in [4.78, 5) is 34.6.